The second kappa shape index (κ2) is 9.04. The summed E-state index contributed by atoms with van der Waals surface area (Å²) in [5.74, 6) is -0.802. The zero-order chi connectivity index (χ0) is 20.1. The fourth-order valence-corrected chi connectivity index (χ4v) is 3.21. The number of aromatic nitrogens is 1. The second-order valence-corrected chi connectivity index (χ2v) is 6.95. The summed E-state index contributed by atoms with van der Waals surface area (Å²) in [7, 11) is 1.35. The van der Waals surface area contributed by atoms with Crippen LogP contribution in [0.1, 0.15) is 21.5 Å². The molecule has 0 N–H and O–H groups in total. The van der Waals surface area contributed by atoms with Crippen molar-refractivity contribution in [2.24, 2.45) is 0 Å². The van der Waals surface area contributed by atoms with E-state index in [4.69, 9.17) is 27.9 Å². The SMILES string of the molecule is COc1cc(C(=O)N(Cc2cccnc2)Cc2ccc(Cl)cc2Cl)ccc1F. The molecule has 1 aromatic heterocycles. The lowest BCUT2D eigenvalue weighted by molar-refractivity contribution is 0.0729. The van der Waals surface area contributed by atoms with E-state index >= 15 is 0 Å². The lowest BCUT2D eigenvalue weighted by Crippen LogP contribution is -2.30. The number of carbonyl (C=O) groups excluding carboxylic acids is 1. The van der Waals surface area contributed by atoms with Gasteiger partial charge in [-0.3, -0.25) is 9.78 Å². The lowest BCUT2D eigenvalue weighted by Gasteiger charge is -2.24. The molecule has 0 aliphatic carbocycles. The van der Waals surface area contributed by atoms with Crippen molar-refractivity contribution in [3.8, 4) is 5.75 Å². The van der Waals surface area contributed by atoms with Crippen LogP contribution in [-0.2, 0) is 13.1 Å². The third-order valence-corrected chi connectivity index (χ3v) is 4.74. The first kappa shape index (κ1) is 20.1. The zero-order valence-electron chi connectivity index (χ0n) is 15.0. The zero-order valence-corrected chi connectivity index (χ0v) is 16.5. The average molecular weight is 419 g/mol. The average Bonchev–Trinajstić information content (AvgIpc) is 2.70. The summed E-state index contributed by atoms with van der Waals surface area (Å²) in [4.78, 5) is 18.9. The van der Waals surface area contributed by atoms with Gasteiger partial charge >= 0.3 is 0 Å². The Balaban J connectivity index is 1.94. The van der Waals surface area contributed by atoms with E-state index in [0.717, 1.165) is 11.1 Å². The van der Waals surface area contributed by atoms with E-state index in [0.29, 0.717) is 22.2 Å². The highest BCUT2D eigenvalue weighted by Crippen LogP contribution is 2.25. The summed E-state index contributed by atoms with van der Waals surface area (Å²) in [6.07, 6.45) is 3.35. The molecule has 0 atom stereocenters. The van der Waals surface area contributed by atoms with Crippen LogP contribution in [0.4, 0.5) is 4.39 Å². The van der Waals surface area contributed by atoms with Gasteiger partial charge in [-0.15, -0.1) is 0 Å². The summed E-state index contributed by atoms with van der Waals surface area (Å²) in [6, 6.07) is 12.8. The van der Waals surface area contributed by atoms with Gasteiger partial charge in [-0.25, -0.2) is 4.39 Å². The van der Waals surface area contributed by atoms with Gasteiger partial charge in [0.2, 0.25) is 0 Å². The summed E-state index contributed by atoms with van der Waals surface area (Å²) in [5, 5.41) is 0.982. The number of amides is 1. The normalized spacial score (nSPS) is 10.6. The largest absolute Gasteiger partial charge is 0.494 e. The van der Waals surface area contributed by atoms with Gasteiger partial charge < -0.3 is 9.64 Å². The number of rotatable bonds is 6. The number of halogens is 3. The standard InChI is InChI=1S/C21H17Cl2FN2O2/c1-28-20-9-15(5-7-19(20)24)21(27)26(12-14-3-2-8-25-11-14)13-16-4-6-17(22)10-18(16)23/h2-11H,12-13H2,1H3. The molecule has 0 spiro atoms. The molecule has 3 aromatic rings. The Morgan fingerprint density at radius 3 is 2.64 bits per heavy atom. The van der Waals surface area contributed by atoms with Crippen LogP contribution in [0.3, 0.4) is 0 Å². The second-order valence-electron chi connectivity index (χ2n) is 6.11. The molecule has 0 saturated heterocycles. The van der Waals surface area contributed by atoms with Crippen molar-refractivity contribution >= 4 is 29.1 Å². The Kier molecular flexibility index (Phi) is 6.49. The Morgan fingerprint density at radius 1 is 1.14 bits per heavy atom. The first-order valence-electron chi connectivity index (χ1n) is 8.43. The summed E-state index contributed by atoms with van der Waals surface area (Å²) in [6.45, 7) is 0.564. The number of nitrogens with zero attached hydrogens (tertiary/aromatic N) is 2. The summed E-state index contributed by atoms with van der Waals surface area (Å²) < 4.78 is 18.7. The Hall–Kier alpha value is -2.63. The molecule has 1 amide bonds. The molecule has 0 saturated carbocycles. The van der Waals surface area contributed by atoms with E-state index in [2.05, 4.69) is 4.98 Å². The lowest BCUT2D eigenvalue weighted by atomic mass is 10.1. The fraction of sp³-hybridized carbons (Fsp3) is 0.143. The monoisotopic (exact) mass is 418 g/mol. The molecular weight excluding hydrogens is 402 g/mol. The minimum Gasteiger partial charge on any atom is -0.494 e. The Bertz CT molecular complexity index is 983. The molecule has 4 nitrogen and oxygen atoms in total. The molecule has 1 heterocycles. The highest BCUT2D eigenvalue weighted by Gasteiger charge is 2.20. The van der Waals surface area contributed by atoms with Crippen molar-refractivity contribution in [1.29, 1.82) is 0 Å². The molecule has 0 aliphatic heterocycles. The molecule has 28 heavy (non-hydrogen) atoms. The van der Waals surface area contributed by atoms with Crippen LogP contribution in [0.25, 0.3) is 0 Å². The predicted octanol–water partition coefficient (Wildman–Crippen LogP) is 5.38. The van der Waals surface area contributed by atoms with Crippen LogP contribution in [-0.4, -0.2) is 22.9 Å². The highest BCUT2D eigenvalue weighted by molar-refractivity contribution is 6.35. The van der Waals surface area contributed by atoms with Crippen LogP contribution in [0.5, 0.6) is 5.75 Å². The van der Waals surface area contributed by atoms with Gasteiger partial charge in [0.05, 0.1) is 7.11 Å². The van der Waals surface area contributed by atoms with Crippen LogP contribution in [0.2, 0.25) is 10.0 Å². The third-order valence-electron chi connectivity index (χ3n) is 4.16. The molecule has 3 rings (SSSR count). The molecule has 2 aromatic carbocycles. The molecule has 7 heteroatoms. The van der Waals surface area contributed by atoms with E-state index in [1.807, 2.05) is 6.07 Å². The van der Waals surface area contributed by atoms with Crippen molar-refractivity contribution in [3.05, 3.63) is 93.5 Å². The molecule has 144 valence electrons. The van der Waals surface area contributed by atoms with Gasteiger partial charge in [0, 0.05) is 41.1 Å². The molecular formula is C21H17Cl2FN2O2. The van der Waals surface area contributed by atoms with Gasteiger partial charge in [-0.1, -0.05) is 35.3 Å². The predicted molar refractivity (Wildman–Crippen MR) is 107 cm³/mol. The number of ether oxygens (including phenoxy) is 1. The maximum absolute atomic E-state index is 13.7. The van der Waals surface area contributed by atoms with Gasteiger partial charge in [0.1, 0.15) is 0 Å². The third kappa shape index (κ3) is 4.80. The quantitative estimate of drug-likeness (QED) is 0.539. The van der Waals surface area contributed by atoms with E-state index < -0.39 is 5.82 Å². The first-order chi connectivity index (χ1) is 13.5. The Labute approximate surface area is 172 Å². The number of benzene rings is 2. The van der Waals surface area contributed by atoms with Crippen molar-refractivity contribution in [2.45, 2.75) is 13.1 Å². The molecule has 0 radical (unpaired) electrons. The number of carbonyl (C=O) groups is 1. The van der Waals surface area contributed by atoms with Crippen molar-refractivity contribution in [3.63, 3.8) is 0 Å². The van der Waals surface area contributed by atoms with E-state index in [1.165, 1.54) is 25.3 Å². The van der Waals surface area contributed by atoms with Gasteiger partial charge in [0.15, 0.2) is 11.6 Å². The van der Waals surface area contributed by atoms with Crippen molar-refractivity contribution in [1.82, 2.24) is 9.88 Å². The smallest absolute Gasteiger partial charge is 0.254 e. The van der Waals surface area contributed by atoms with E-state index in [1.54, 1.807) is 41.6 Å². The fourth-order valence-electron chi connectivity index (χ4n) is 2.74. The molecule has 0 bridgehead atoms. The van der Waals surface area contributed by atoms with Gasteiger partial charge in [0.25, 0.3) is 5.91 Å². The minimum absolute atomic E-state index is 0.0108. The first-order valence-corrected chi connectivity index (χ1v) is 9.19. The van der Waals surface area contributed by atoms with Gasteiger partial charge in [-0.05, 0) is 47.5 Å². The highest BCUT2D eigenvalue weighted by atomic mass is 35.5. The maximum atomic E-state index is 13.7. The Morgan fingerprint density at radius 2 is 1.96 bits per heavy atom. The van der Waals surface area contributed by atoms with E-state index in [9.17, 15) is 9.18 Å². The minimum atomic E-state index is -0.529. The van der Waals surface area contributed by atoms with Crippen LogP contribution in [0, 0.1) is 5.82 Å². The number of hydrogen-bond acceptors (Lipinski definition) is 3. The molecule has 0 fully saturated rings. The van der Waals surface area contributed by atoms with Crippen LogP contribution >= 0.6 is 23.2 Å². The molecule has 0 aliphatic rings. The summed E-state index contributed by atoms with van der Waals surface area (Å²) in [5.41, 5.74) is 1.92. The van der Waals surface area contributed by atoms with Crippen LogP contribution in [0.15, 0.2) is 60.9 Å². The molecule has 0 unspecified atom stereocenters. The number of hydrogen-bond donors (Lipinski definition) is 0. The number of methoxy groups -OCH3 is 1. The maximum Gasteiger partial charge on any atom is 0.254 e. The van der Waals surface area contributed by atoms with Crippen molar-refractivity contribution < 1.29 is 13.9 Å². The topological polar surface area (TPSA) is 42.4 Å². The van der Waals surface area contributed by atoms with Gasteiger partial charge in [-0.2, -0.15) is 0 Å². The van der Waals surface area contributed by atoms with E-state index in [-0.39, 0.29) is 18.2 Å². The number of pyridine rings is 1. The summed E-state index contributed by atoms with van der Waals surface area (Å²) >= 11 is 12.3. The van der Waals surface area contributed by atoms with Crippen molar-refractivity contribution in [2.75, 3.05) is 7.11 Å². The van der Waals surface area contributed by atoms with Crippen LogP contribution < -0.4 is 4.74 Å².